The number of aliphatic hydroxyl groups excluding tert-OH is 1. The van der Waals surface area contributed by atoms with Gasteiger partial charge in [0.2, 0.25) is 0 Å². The zero-order valence-electron chi connectivity index (χ0n) is 21.0. The third kappa shape index (κ3) is 12.1. The molecule has 0 saturated carbocycles. The predicted molar refractivity (Wildman–Crippen MR) is 121 cm³/mol. The molecule has 1 aliphatic rings. The molecule has 0 radical (unpaired) electrons. The predicted octanol–water partition coefficient (Wildman–Crippen LogP) is 3.92. The molecule has 0 bridgehead atoms. The van der Waals surface area contributed by atoms with Crippen molar-refractivity contribution in [3.05, 3.63) is 0 Å². The van der Waals surface area contributed by atoms with Crippen LogP contribution in [0.15, 0.2) is 0 Å². The first kappa shape index (κ1) is 31.2. The highest BCUT2D eigenvalue weighted by Gasteiger charge is 2.47. The number of halogens is 3. The summed E-state index contributed by atoms with van der Waals surface area (Å²) in [5, 5.41) is 11.1. The van der Waals surface area contributed by atoms with Crippen LogP contribution in [-0.2, 0) is 28.6 Å². The van der Waals surface area contributed by atoms with Gasteiger partial charge >= 0.3 is 24.1 Å². The van der Waals surface area contributed by atoms with Crippen LogP contribution in [0.2, 0.25) is 0 Å². The maximum Gasteiger partial charge on any atom is 0.389 e. The molecule has 1 unspecified atom stereocenters. The monoisotopic (exact) mass is 511 g/mol. The summed E-state index contributed by atoms with van der Waals surface area (Å²) in [4.78, 5) is 38.1. The van der Waals surface area contributed by atoms with Gasteiger partial charge in [-0.2, -0.15) is 13.2 Å². The number of hydrogen-bond acceptors (Lipinski definition) is 8. The summed E-state index contributed by atoms with van der Waals surface area (Å²) in [6, 6.07) is -0.765. The van der Waals surface area contributed by atoms with E-state index in [9.17, 15) is 32.7 Å². The molecule has 0 aliphatic carbocycles. The fraction of sp³-hybridized carbons (Fsp3) is 0.875. The van der Waals surface area contributed by atoms with Gasteiger partial charge < -0.3 is 19.3 Å². The van der Waals surface area contributed by atoms with E-state index in [1.165, 1.54) is 0 Å². The van der Waals surface area contributed by atoms with Crippen LogP contribution in [0.3, 0.4) is 0 Å². The van der Waals surface area contributed by atoms with Gasteiger partial charge in [-0.3, -0.25) is 19.3 Å². The average Bonchev–Trinajstić information content (AvgIpc) is 2.75. The van der Waals surface area contributed by atoms with Crippen molar-refractivity contribution in [2.75, 3.05) is 19.7 Å². The van der Waals surface area contributed by atoms with Crippen molar-refractivity contribution < 1.29 is 46.9 Å². The average molecular weight is 512 g/mol. The molecule has 0 aromatic heterocycles. The van der Waals surface area contributed by atoms with Gasteiger partial charge in [-0.1, -0.05) is 27.2 Å². The fourth-order valence-electron chi connectivity index (χ4n) is 3.95. The Morgan fingerprint density at radius 3 is 2.03 bits per heavy atom. The molecule has 1 aliphatic heterocycles. The molecule has 1 N–H and O–H groups in total. The number of nitrogens with zero attached hydrogens (tertiary/aromatic N) is 1. The number of esters is 3. The van der Waals surface area contributed by atoms with E-state index in [1.54, 1.807) is 11.8 Å². The minimum absolute atomic E-state index is 0.0256. The molecule has 0 aromatic carbocycles. The van der Waals surface area contributed by atoms with E-state index in [-0.39, 0.29) is 38.8 Å². The first-order chi connectivity index (χ1) is 16.5. The van der Waals surface area contributed by atoms with Crippen molar-refractivity contribution >= 4 is 17.9 Å². The quantitative estimate of drug-likeness (QED) is 0.201. The van der Waals surface area contributed by atoms with Gasteiger partial charge in [0.1, 0.15) is 12.7 Å². The highest BCUT2D eigenvalue weighted by Crippen LogP contribution is 2.27. The summed E-state index contributed by atoms with van der Waals surface area (Å²) in [6.07, 6.45) is -5.70. The third-order valence-corrected chi connectivity index (χ3v) is 5.71. The maximum absolute atomic E-state index is 12.4. The van der Waals surface area contributed by atoms with Crippen LogP contribution in [0.4, 0.5) is 13.2 Å². The normalized spacial score (nSPS) is 23.1. The van der Waals surface area contributed by atoms with Gasteiger partial charge in [0.25, 0.3) is 0 Å². The number of aliphatic hydroxyl groups is 1. The van der Waals surface area contributed by atoms with Crippen LogP contribution >= 0.6 is 0 Å². The molecule has 0 amide bonds. The fourth-order valence-corrected chi connectivity index (χ4v) is 3.95. The second kappa shape index (κ2) is 16.0. The third-order valence-electron chi connectivity index (χ3n) is 5.71. The summed E-state index contributed by atoms with van der Waals surface area (Å²) in [5.74, 6) is -1.49. The zero-order chi connectivity index (χ0) is 26.4. The molecule has 1 rings (SSSR count). The Balaban J connectivity index is 3.01. The van der Waals surface area contributed by atoms with Gasteiger partial charge in [-0.25, -0.2) is 0 Å². The summed E-state index contributed by atoms with van der Waals surface area (Å²) < 4.78 is 53.7. The van der Waals surface area contributed by atoms with Gasteiger partial charge in [-0.05, 0) is 38.6 Å². The van der Waals surface area contributed by atoms with Crippen molar-refractivity contribution in [3.8, 4) is 0 Å². The molecular weight excluding hydrogens is 471 g/mol. The Hall–Kier alpha value is -1.88. The van der Waals surface area contributed by atoms with E-state index in [1.807, 2.05) is 13.8 Å². The first-order valence-electron chi connectivity index (χ1n) is 12.6. The molecule has 11 heteroatoms. The Morgan fingerprint density at radius 1 is 0.886 bits per heavy atom. The molecule has 0 spiro atoms. The van der Waals surface area contributed by atoms with Crippen molar-refractivity contribution in [2.24, 2.45) is 0 Å². The summed E-state index contributed by atoms with van der Waals surface area (Å²) >= 11 is 0. The molecule has 4 atom stereocenters. The molecule has 204 valence electrons. The number of alkyl halides is 3. The Labute approximate surface area is 205 Å². The maximum atomic E-state index is 12.4. The van der Waals surface area contributed by atoms with Gasteiger partial charge in [0, 0.05) is 32.2 Å². The van der Waals surface area contributed by atoms with Gasteiger partial charge in [0.15, 0.2) is 12.2 Å². The van der Waals surface area contributed by atoms with Crippen molar-refractivity contribution in [1.29, 1.82) is 0 Å². The Kier molecular flexibility index (Phi) is 14.2. The topological polar surface area (TPSA) is 102 Å². The van der Waals surface area contributed by atoms with Crippen molar-refractivity contribution in [3.63, 3.8) is 0 Å². The summed E-state index contributed by atoms with van der Waals surface area (Å²) in [5.41, 5.74) is 0. The van der Waals surface area contributed by atoms with Gasteiger partial charge in [0.05, 0.1) is 6.04 Å². The van der Waals surface area contributed by atoms with Crippen molar-refractivity contribution in [1.82, 2.24) is 4.90 Å². The SMILES string of the molecule is CCCC(=O)OCC1[C@@H](O)[C@H](OC(=O)CCC)[C@@H](OC(=O)CCC)CN1CCCCCC(F)(F)F. The molecule has 0 aromatic rings. The summed E-state index contributed by atoms with van der Waals surface area (Å²) in [6.45, 7) is 5.63. The van der Waals surface area contributed by atoms with E-state index < -0.39 is 54.9 Å². The summed E-state index contributed by atoms with van der Waals surface area (Å²) in [7, 11) is 0. The number of hydrogen-bond donors (Lipinski definition) is 1. The molecule has 1 heterocycles. The van der Waals surface area contributed by atoms with E-state index in [4.69, 9.17) is 14.2 Å². The largest absolute Gasteiger partial charge is 0.464 e. The van der Waals surface area contributed by atoms with E-state index in [0.29, 0.717) is 38.6 Å². The number of carbonyl (C=O) groups excluding carboxylic acids is 3. The molecule has 1 saturated heterocycles. The second-order valence-electron chi connectivity index (χ2n) is 8.89. The zero-order valence-corrected chi connectivity index (χ0v) is 21.0. The van der Waals surface area contributed by atoms with E-state index in [0.717, 1.165) is 0 Å². The van der Waals surface area contributed by atoms with Crippen LogP contribution in [0.25, 0.3) is 0 Å². The standard InChI is InChI=1S/C24H40F3NO7/c1-4-10-19(29)33-16-17-22(32)23(35-21(31)12-6-3)18(34-20(30)11-5-2)15-28(17)14-9-7-8-13-24(25,26)27/h17-18,22-23,32H,4-16H2,1-3H3/t17?,18-,22+,23+/m0/s1. The number of likely N-dealkylation sites (tertiary alicyclic amines) is 1. The number of carbonyl (C=O) groups is 3. The lowest BCUT2D eigenvalue weighted by Gasteiger charge is -2.45. The number of ether oxygens (including phenoxy) is 3. The van der Waals surface area contributed by atoms with Crippen LogP contribution in [-0.4, -0.2) is 78.1 Å². The van der Waals surface area contributed by atoms with Gasteiger partial charge in [-0.15, -0.1) is 0 Å². The first-order valence-corrected chi connectivity index (χ1v) is 12.6. The van der Waals surface area contributed by atoms with Crippen LogP contribution in [0, 0.1) is 0 Å². The lowest BCUT2D eigenvalue weighted by Crippen LogP contribution is -2.64. The second-order valence-corrected chi connectivity index (χ2v) is 8.89. The van der Waals surface area contributed by atoms with E-state index in [2.05, 4.69) is 0 Å². The number of piperidine rings is 1. The number of rotatable bonds is 15. The minimum atomic E-state index is -4.22. The lowest BCUT2D eigenvalue weighted by atomic mass is 9.93. The Morgan fingerprint density at radius 2 is 1.46 bits per heavy atom. The highest BCUT2D eigenvalue weighted by atomic mass is 19.4. The molecular formula is C24H40F3NO7. The Bertz CT molecular complexity index is 660. The van der Waals surface area contributed by atoms with E-state index >= 15 is 0 Å². The molecule has 8 nitrogen and oxygen atoms in total. The minimum Gasteiger partial charge on any atom is -0.464 e. The highest BCUT2D eigenvalue weighted by molar-refractivity contribution is 5.71. The number of unbranched alkanes of at least 4 members (excludes halogenated alkanes) is 2. The molecule has 35 heavy (non-hydrogen) atoms. The van der Waals surface area contributed by atoms with Crippen molar-refractivity contribution in [2.45, 2.75) is 116 Å². The van der Waals surface area contributed by atoms with Crippen LogP contribution in [0.1, 0.15) is 85.0 Å². The molecule has 1 fully saturated rings. The van der Waals surface area contributed by atoms with Crippen LogP contribution < -0.4 is 0 Å². The van der Waals surface area contributed by atoms with Crippen LogP contribution in [0.5, 0.6) is 0 Å². The lowest BCUT2D eigenvalue weighted by molar-refractivity contribution is -0.200. The smallest absolute Gasteiger partial charge is 0.389 e.